The quantitative estimate of drug-likeness (QED) is 0.535. The smallest absolute Gasteiger partial charge is 0.305 e. The minimum Gasteiger partial charge on any atom is -0.307 e. The Hall–Kier alpha value is -2.78. The van der Waals surface area contributed by atoms with Crippen LogP contribution in [-0.4, -0.2) is 22.0 Å². The number of rotatable bonds is 2. The molecular formula is C25H18F2N2O3S2. The van der Waals surface area contributed by atoms with E-state index in [9.17, 15) is 23.2 Å². The molecule has 0 radical (unpaired) electrons. The maximum Gasteiger partial charge on any atom is 0.305 e. The van der Waals surface area contributed by atoms with Gasteiger partial charge in [-0.2, -0.15) is 0 Å². The van der Waals surface area contributed by atoms with Crippen LogP contribution in [0.25, 0.3) is 0 Å². The number of H-pyrrole nitrogens is 1. The highest BCUT2D eigenvalue weighted by Gasteiger charge is 2.69. The first-order valence-corrected chi connectivity index (χ1v) is 12.9. The van der Waals surface area contributed by atoms with E-state index in [0.717, 1.165) is 21.9 Å². The Morgan fingerprint density at radius 1 is 0.853 bits per heavy atom. The second-order valence-electron chi connectivity index (χ2n) is 9.50. The maximum absolute atomic E-state index is 13.7. The molecule has 5 nitrogen and oxygen atoms in total. The molecule has 0 spiro atoms. The number of benzene rings is 2. The van der Waals surface area contributed by atoms with E-state index in [1.54, 1.807) is 23.9 Å². The van der Waals surface area contributed by atoms with Crippen LogP contribution in [0.1, 0.15) is 22.8 Å². The van der Waals surface area contributed by atoms with Crippen LogP contribution in [0, 0.1) is 41.2 Å². The van der Waals surface area contributed by atoms with E-state index in [1.807, 2.05) is 0 Å². The van der Waals surface area contributed by atoms with Gasteiger partial charge in [0, 0.05) is 16.0 Å². The van der Waals surface area contributed by atoms with Crippen LogP contribution in [0.3, 0.4) is 0 Å². The lowest BCUT2D eigenvalue weighted by molar-refractivity contribution is -0.123. The van der Waals surface area contributed by atoms with E-state index in [0.29, 0.717) is 5.69 Å². The van der Waals surface area contributed by atoms with Crippen molar-refractivity contribution in [2.45, 2.75) is 22.6 Å². The molecule has 9 heteroatoms. The van der Waals surface area contributed by atoms with E-state index >= 15 is 0 Å². The zero-order chi connectivity index (χ0) is 23.3. The van der Waals surface area contributed by atoms with E-state index in [1.165, 1.54) is 52.6 Å². The van der Waals surface area contributed by atoms with Gasteiger partial charge in [-0.15, -0.1) is 11.8 Å². The van der Waals surface area contributed by atoms with Gasteiger partial charge in [-0.1, -0.05) is 23.5 Å². The summed E-state index contributed by atoms with van der Waals surface area (Å²) < 4.78 is 27.2. The van der Waals surface area contributed by atoms with E-state index < -0.39 is 17.7 Å². The van der Waals surface area contributed by atoms with Gasteiger partial charge in [0.2, 0.25) is 11.8 Å². The van der Waals surface area contributed by atoms with E-state index in [4.69, 9.17) is 0 Å². The standard InChI is InChI=1S/C25H18F2N2O3S2/c26-11-3-1-10(2-4-11)16-17-14-9-15(20(17)33-22-21(16)34-25(32)28-22)19-18(14)23(30)29(24(19)31)13-7-5-12(27)6-8-13/h1-8,14-20H,9H2,(H,28,32)/t14-,15-,16+,17+,18+,19+,20-/m1/s1. The Kier molecular flexibility index (Phi) is 4.31. The van der Waals surface area contributed by atoms with Gasteiger partial charge in [0.1, 0.15) is 11.6 Å². The van der Waals surface area contributed by atoms with Gasteiger partial charge in [-0.05, 0) is 66.1 Å². The molecule has 7 atom stereocenters. The fourth-order valence-corrected chi connectivity index (χ4v) is 9.79. The third-order valence-corrected chi connectivity index (χ3v) is 10.6. The number of halogens is 2. The Morgan fingerprint density at radius 2 is 1.47 bits per heavy atom. The summed E-state index contributed by atoms with van der Waals surface area (Å²) >= 11 is 2.79. The minimum absolute atomic E-state index is 0.00592. The number of hydrogen-bond acceptors (Lipinski definition) is 5. The van der Waals surface area contributed by atoms with Gasteiger partial charge in [-0.25, -0.2) is 8.78 Å². The molecule has 1 saturated heterocycles. The third-order valence-electron chi connectivity index (χ3n) is 8.04. The molecule has 172 valence electrons. The van der Waals surface area contributed by atoms with Crippen LogP contribution in [-0.2, 0) is 9.59 Å². The number of aromatic nitrogens is 1. The van der Waals surface area contributed by atoms with Crippen molar-refractivity contribution >= 4 is 40.6 Å². The van der Waals surface area contributed by atoms with Crippen molar-refractivity contribution in [2.24, 2.45) is 29.6 Å². The highest BCUT2D eigenvalue weighted by molar-refractivity contribution is 8.00. The summed E-state index contributed by atoms with van der Waals surface area (Å²) in [5.74, 6) is -2.10. The number of carbonyl (C=O) groups is 2. The molecule has 2 aliphatic heterocycles. The minimum atomic E-state index is -0.426. The molecule has 34 heavy (non-hydrogen) atoms. The summed E-state index contributed by atoms with van der Waals surface area (Å²) in [6.07, 6.45) is 0.781. The van der Waals surface area contributed by atoms with Gasteiger partial charge in [0.25, 0.3) is 0 Å². The molecule has 2 aromatic carbocycles. The molecular weight excluding hydrogens is 478 g/mol. The fraction of sp³-hybridized carbons (Fsp3) is 0.320. The second-order valence-corrected chi connectivity index (χ2v) is 11.7. The number of fused-ring (bicyclic) bond motifs is 9. The van der Waals surface area contributed by atoms with Crippen LogP contribution < -0.4 is 9.77 Å². The Morgan fingerprint density at radius 3 is 2.15 bits per heavy atom. The number of thioether (sulfide) groups is 1. The lowest BCUT2D eigenvalue weighted by atomic mass is 9.68. The summed E-state index contributed by atoms with van der Waals surface area (Å²) in [6, 6.07) is 11.8. The SMILES string of the molecule is O=C1[C@H]2[C@H]3C[C@@H]([C@@H]2C(=O)N1c1ccc(F)cc1)[C@H]1[C@H](c2ccc(F)cc2)c2sc(=O)[nH]c2S[C@H]31. The molecule has 0 unspecified atom stereocenters. The van der Waals surface area contributed by atoms with Crippen LogP contribution >= 0.6 is 23.1 Å². The van der Waals surface area contributed by atoms with E-state index in [-0.39, 0.29) is 51.4 Å². The van der Waals surface area contributed by atoms with Crippen LogP contribution in [0.4, 0.5) is 14.5 Å². The van der Waals surface area contributed by atoms with Crippen molar-refractivity contribution in [3.63, 3.8) is 0 Å². The molecule has 1 aromatic heterocycles. The Balaban J connectivity index is 1.32. The first-order valence-electron chi connectivity index (χ1n) is 11.2. The summed E-state index contributed by atoms with van der Waals surface area (Å²) in [5.41, 5.74) is 1.32. The molecule has 7 rings (SSSR count). The fourth-order valence-electron chi connectivity index (χ4n) is 6.90. The first-order chi connectivity index (χ1) is 16.4. The van der Waals surface area contributed by atoms with Crippen molar-refractivity contribution in [1.29, 1.82) is 0 Å². The van der Waals surface area contributed by atoms with Gasteiger partial charge < -0.3 is 4.98 Å². The van der Waals surface area contributed by atoms with Crippen molar-refractivity contribution < 1.29 is 18.4 Å². The maximum atomic E-state index is 13.7. The van der Waals surface area contributed by atoms with E-state index in [2.05, 4.69) is 4.98 Å². The van der Waals surface area contributed by atoms with Crippen molar-refractivity contribution in [3.05, 3.63) is 80.3 Å². The van der Waals surface area contributed by atoms with Crippen molar-refractivity contribution in [2.75, 3.05) is 4.90 Å². The molecule has 2 bridgehead atoms. The predicted molar refractivity (Wildman–Crippen MR) is 124 cm³/mol. The summed E-state index contributed by atoms with van der Waals surface area (Å²) in [4.78, 5) is 44.3. The number of imide groups is 1. The molecule has 3 aromatic rings. The lowest BCUT2D eigenvalue weighted by Gasteiger charge is -2.43. The number of hydrogen-bond donors (Lipinski definition) is 1. The topological polar surface area (TPSA) is 70.2 Å². The highest BCUT2D eigenvalue weighted by atomic mass is 32.2. The molecule has 2 aliphatic carbocycles. The Bertz CT molecular complexity index is 1400. The molecule has 1 N–H and O–H groups in total. The largest absolute Gasteiger partial charge is 0.307 e. The van der Waals surface area contributed by atoms with Gasteiger partial charge in [-0.3, -0.25) is 19.3 Å². The predicted octanol–water partition coefficient (Wildman–Crippen LogP) is 4.39. The first kappa shape index (κ1) is 20.6. The average molecular weight is 497 g/mol. The van der Waals surface area contributed by atoms with Crippen LogP contribution in [0.15, 0.2) is 58.4 Å². The van der Waals surface area contributed by atoms with Gasteiger partial charge >= 0.3 is 4.87 Å². The van der Waals surface area contributed by atoms with Gasteiger partial charge in [0.05, 0.1) is 22.5 Å². The lowest BCUT2D eigenvalue weighted by Crippen LogP contribution is -2.42. The van der Waals surface area contributed by atoms with Crippen molar-refractivity contribution in [1.82, 2.24) is 4.98 Å². The van der Waals surface area contributed by atoms with Crippen molar-refractivity contribution in [3.8, 4) is 0 Å². The number of carbonyl (C=O) groups excluding carboxylic acids is 2. The van der Waals surface area contributed by atoms with Crippen LogP contribution in [0.2, 0.25) is 0 Å². The number of aromatic amines is 1. The normalized spacial score (nSPS) is 33.2. The summed E-state index contributed by atoms with van der Waals surface area (Å²) in [7, 11) is 0. The molecule has 2 amide bonds. The summed E-state index contributed by atoms with van der Waals surface area (Å²) in [5, 5.41) is 0.894. The Labute approximate surface area is 201 Å². The molecule has 2 saturated carbocycles. The monoisotopic (exact) mass is 496 g/mol. The average Bonchev–Trinajstić information content (AvgIpc) is 3.54. The zero-order valence-corrected chi connectivity index (χ0v) is 19.2. The van der Waals surface area contributed by atoms with Crippen LogP contribution in [0.5, 0.6) is 0 Å². The molecule has 3 heterocycles. The van der Waals surface area contributed by atoms with Gasteiger partial charge in [0.15, 0.2) is 0 Å². The highest BCUT2D eigenvalue weighted by Crippen LogP contribution is 2.68. The number of thiazole rings is 1. The third kappa shape index (κ3) is 2.68. The number of nitrogens with zero attached hydrogens (tertiary/aromatic N) is 1. The molecule has 3 fully saturated rings. The number of nitrogens with one attached hydrogen (secondary N) is 1. The zero-order valence-electron chi connectivity index (χ0n) is 17.6. The second kappa shape index (κ2) is 7.11. The molecule has 4 aliphatic rings. The number of amides is 2. The number of anilines is 1. The summed E-state index contributed by atoms with van der Waals surface area (Å²) in [6.45, 7) is 0.